The first-order valence-electron chi connectivity index (χ1n) is 7.30. The molecular formula is C16H9BrN4O6. The van der Waals surface area contributed by atoms with Crippen molar-refractivity contribution in [1.29, 1.82) is 0 Å². The van der Waals surface area contributed by atoms with Crippen molar-refractivity contribution >= 4 is 27.3 Å². The molecule has 0 aliphatic carbocycles. The summed E-state index contributed by atoms with van der Waals surface area (Å²) < 4.78 is 11.5. The van der Waals surface area contributed by atoms with Gasteiger partial charge in [0.15, 0.2) is 0 Å². The second-order valence-corrected chi connectivity index (χ2v) is 5.82. The van der Waals surface area contributed by atoms with E-state index in [1.54, 1.807) is 6.07 Å². The van der Waals surface area contributed by atoms with Crippen LogP contribution in [0.2, 0.25) is 0 Å². The van der Waals surface area contributed by atoms with Crippen molar-refractivity contribution in [1.82, 2.24) is 9.97 Å². The Kier molecular flexibility index (Phi) is 5.22. The summed E-state index contributed by atoms with van der Waals surface area (Å²) >= 11 is 3.27. The van der Waals surface area contributed by atoms with E-state index in [4.69, 9.17) is 9.47 Å². The Bertz CT molecular complexity index is 1030. The molecule has 0 aliphatic rings. The van der Waals surface area contributed by atoms with Gasteiger partial charge in [-0.3, -0.25) is 20.2 Å². The molecular weight excluding hydrogens is 424 g/mol. The van der Waals surface area contributed by atoms with E-state index in [2.05, 4.69) is 25.9 Å². The van der Waals surface area contributed by atoms with Gasteiger partial charge in [0, 0.05) is 30.6 Å². The third kappa shape index (κ3) is 4.15. The SMILES string of the molecule is O=[N+]([O-])c1cccnc1Oc1ccc(Br)c(Oc2ncccc2[N+](=O)[O-])c1. The lowest BCUT2D eigenvalue weighted by Crippen LogP contribution is -1.97. The molecule has 0 amide bonds. The number of ether oxygens (including phenoxy) is 2. The molecule has 27 heavy (non-hydrogen) atoms. The van der Waals surface area contributed by atoms with Crippen LogP contribution in [0.3, 0.4) is 0 Å². The fourth-order valence-electron chi connectivity index (χ4n) is 2.04. The molecule has 0 fully saturated rings. The predicted molar refractivity (Wildman–Crippen MR) is 96.1 cm³/mol. The van der Waals surface area contributed by atoms with Crippen molar-refractivity contribution in [2.24, 2.45) is 0 Å². The molecule has 0 atom stereocenters. The normalized spacial score (nSPS) is 10.3. The first-order valence-corrected chi connectivity index (χ1v) is 8.09. The lowest BCUT2D eigenvalue weighted by Gasteiger charge is -2.10. The Morgan fingerprint density at radius 3 is 1.96 bits per heavy atom. The number of pyridine rings is 2. The number of nitrogens with zero attached hydrogens (tertiary/aromatic N) is 4. The molecule has 11 heteroatoms. The standard InChI is InChI=1S/C16H9BrN4O6/c17-11-6-5-10(26-15-12(20(22)23)3-1-7-18-15)9-14(11)27-16-13(21(24)25)4-2-8-19-16/h1-9H. The molecule has 2 aromatic heterocycles. The van der Waals surface area contributed by atoms with Gasteiger partial charge in [-0.2, -0.15) is 0 Å². The lowest BCUT2D eigenvalue weighted by atomic mass is 10.3. The average molecular weight is 433 g/mol. The van der Waals surface area contributed by atoms with Gasteiger partial charge in [0.05, 0.1) is 14.3 Å². The highest BCUT2D eigenvalue weighted by Crippen LogP contribution is 2.37. The van der Waals surface area contributed by atoms with Crippen LogP contribution >= 0.6 is 15.9 Å². The van der Waals surface area contributed by atoms with Gasteiger partial charge < -0.3 is 9.47 Å². The summed E-state index contributed by atoms with van der Waals surface area (Å²) in [4.78, 5) is 28.6. The van der Waals surface area contributed by atoms with Gasteiger partial charge in [0.25, 0.3) is 11.8 Å². The minimum absolute atomic E-state index is 0.174. The number of benzene rings is 1. The fraction of sp³-hybridized carbons (Fsp3) is 0. The van der Waals surface area contributed by atoms with Crippen LogP contribution in [0.25, 0.3) is 0 Å². The molecule has 10 nitrogen and oxygen atoms in total. The van der Waals surface area contributed by atoms with Crippen LogP contribution < -0.4 is 9.47 Å². The first kappa shape index (κ1) is 18.2. The van der Waals surface area contributed by atoms with Gasteiger partial charge in [0.1, 0.15) is 11.5 Å². The van der Waals surface area contributed by atoms with E-state index in [0.29, 0.717) is 4.47 Å². The predicted octanol–water partition coefficient (Wildman–Crippen LogP) is 4.64. The molecule has 0 saturated carbocycles. The van der Waals surface area contributed by atoms with Crippen LogP contribution in [0, 0.1) is 20.2 Å². The van der Waals surface area contributed by atoms with E-state index in [1.165, 1.54) is 48.8 Å². The molecule has 3 aromatic rings. The summed E-state index contributed by atoms with van der Waals surface area (Å²) in [5, 5.41) is 22.1. The summed E-state index contributed by atoms with van der Waals surface area (Å²) in [6, 6.07) is 9.85. The Labute approximate surface area is 159 Å². The number of nitro groups is 2. The first-order chi connectivity index (χ1) is 13.0. The molecule has 0 radical (unpaired) electrons. The smallest absolute Gasteiger partial charge is 0.331 e. The number of hydrogen-bond donors (Lipinski definition) is 0. The van der Waals surface area contributed by atoms with Gasteiger partial charge in [-0.05, 0) is 40.2 Å². The molecule has 1 aromatic carbocycles. The molecule has 0 saturated heterocycles. The third-order valence-corrected chi connectivity index (χ3v) is 3.87. The van der Waals surface area contributed by atoms with Crippen molar-refractivity contribution in [2.75, 3.05) is 0 Å². The van der Waals surface area contributed by atoms with E-state index in [-0.39, 0.29) is 34.6 Å². The van der Waals surface area contributed by atoms with Crippen LogP contribution in [-0.2, 0) is 0 Å². The average Bonchev–Trinajstić information content (AvgIpc) is 2.65. The Hall–Kier alpha value is -3.60. The Morgan fingerprint density at radius 2 is 1.41 bits per heavy atom. The molecule has 3 rings (SSSR count). The van der Waals surface area contributed by atoms with Crippen molar-refractivity contribution in [2.45, 2.75) is 0 Å². The minimum atomic E-state index is -0.617. The third-order valence-electron chi connectivity index (χ3n) is 3.22. The highest BCUT2D eigenvalue weighted by Gasteiger charge is 2.20. The van der Waals surface area contributed by atoms with Crippen molar-refractivity contribution in [3.8, 4) is 23.3 Å². The van der Waals surface area contributed by atoms with Crippen LogP contribution in [0.4, 0.5) is 11.4 Å². The van der Waals surface area contributed by atoms with Crippen LogP contribution in [0.1, 0.15) is 0 Å². The summed E-state index contributed by atoms with van der Waals surface area (Å²) in [6.45, 7) is 0. The lowest BCUT2D eigenvalue weighted by molar-refractivity contribution is -0.386. The van der Waals surface area contributed by atoms with Gasteiger partial charge in [-0.15, -0.1) is 0 Å². The maximum atomic E-state index is 11.1. The highest BCUT2D eigenvalue weighted by molar-refractivity contribution is 9.10. The quantitative estimate of drug-likeness (QED) is 0.406. The summed E-state index contributed by atoms with van der Waals surface area (Å²) in [5.41, 5.74) is -0.612. The zero-order chi connectivity index (χ0) is 19.4. The number of aromatic nitrogens is 2. The summed E-state index contributed by atoms with van der Waals surface area (Å²) in [6.07, 6.45) is 2.71. The van der Waals surface area contributed by atoms with Crippen molar-refractivity contribution in [3.05, 3.63) is 79.6 Å². The molecule has 2 heterocycles. The van der Waals surface area contributed by atoms with Crippen molar-refractivity contribution < 1.29 is 19.3 Å². The maximum Gasteiger partial charge on any atom is 0.331 e. The minimum Gasteiger partial charge on any atom is -0.434 e. The van der Waals surface area contributed by atoms with Crippen LogP contribution in [-0.4, -0.2) is 19.8 Å². The maximum absolute atomic E-state index is 11.1. The van der Waals surface area contributed by atoms with E-state index < -0.39 is 9.85 Å². The fourth-order valence-corrected chi connectivity index (χ4v) is 2.37. The molecule has 0 spiro atoms. The molecule has 0 bridgehead atoms. The monoisotopic (exact) mass is 432 g/mol. The Morgan fingerprint density at radius 1 is 0.852 bits per heavy atom. The molecule has 0 aliphatic heterocycles. The van der Waals surface area contributed by atoms with E-state index in [0.717, 1.165) is 0 Å². The second-order valence-electron chi connectivity index (χ2n) is 4.97. The zero-order valence-corrected chi connectivity index (χ0v) is 14.9. The van der Waals surface area contributed by atoms with Gasteiger partial charge in [-0.1, -0.05) is 0 Å². The van der Waals surface area contributed by atoms with Gasteiger partial charge in [-0.25, -0.2) is 9.97 Å². The summed E-state index contributed by atoms with van der Waals surface area (Å²) in [5.74, 6) is -0.0368. The van der Waals surface area contributed by atoms with E-state index in [1.807, 2.05) is 0 Å². The Balaban J connectivity index is 1.92. The number of hydrogen-bond acceptors (Lipinski definition) is 8. The number of halogens is 1. The molecule has 0 N–H and O–H groups in total. The van der Waals surface area contributed by atoms with E-state index >= 15 is 0 Å². The number of rotatable bonds is 6. The van der Waals surface area contributed by atoms with Gasteiger partial charge >= 0.3 is 11.4 Å². The van der Waals surface area contributed by atoms with Gasteiger partial charge in [0.2, 0.25) is 0 Å². The highest BCUT2D eigenvalue weighted by atomic mass is 79.9. The summed E-state index contributed by atoms with van der Waals surface area (Å²) in [7, 11) is 0. The second kappa shape index (κ2) is 7.74. The van der Waals surface area contributed by atoms with E-state index in [9.17, 15) is 20.2 Å². The topological polar surface area (TPSA) is 131 Å². The van der Waals surface area contributed by atoms with Crippen LogP contribution in [0.5, 0.6) is 23.3 Å². The zero-order valence-electron chi connectivity index (χ0n) is 13.3. The van der Waals surface area contributed by atoms with Crippen LogP contribution in [0.15, 0.2) is 59.3 Å². The largest absolute Gasteiger partial charge is 0.434 e. The van der Waals surface area contributed by atoms with Crippen molar-refractivity contribution in [3.63, 3.8) is 0 Å². The molecule has 0 unspecified atom stereocenters. The molecule has 136 valence electrons.